The molecule has 6 N–H and O–H groups in total. The molecule has 4 rings (SSSR count). The molecule has 1 aliphatic heterocycles. The topological polar surface area (TPSA) is 175 Å². The van der Waals surface area contributed by atoms with Gasteiger partial charge in [-0.25, -0.2) is 4.98 Å². The number of fused-ring (bicyclic) bond motifs is 1. The second-order valence-electron chi connectivity index (χ2n) is 8.15. The molecule has 1 unspecified atom stereocenters. The van der Waals surface area contributed by atoms with Gasteiger partial charge in [0.25, 0.3) is 5.08 Å². The lowest BCUT2D eigenvalue weighted by molar-refractivity contribution is 0.168. The first-order valence-electron chi connectivity index (χ1n) is 10.9. The summed E-state index contributed by atoms with van der Waals surface area (Å²) in [6.45, 7) is 5.44. The predicted molar refractivity (Wildman–Crippen MR) is 128 cm³/mol. The van der Waals surface area contributed by atoms with E-state index in [0.29, 0.717) is 41.1 Å². The Morgan fingerprint density at radius 3 is 2.56 bits per heavy atom. The number of nitrogens with one attached hydrogen (secondary N) is 3. The SMILES string of the molecule is CCn1cnc2c(Nc3ccc(C(O)(P=O)P(=O)(O)O)cc3)nc(NCC3CCNCC3)nc21. The van der Waals surface area contributed by atoms with Crippen molar-refractivity contribution in [1.29, 1.82) is 0 Å². The van der Waals surface area contributed by atoms with Crippen LogP contribution in [-0.4, -0.2) is 54.0 Å². The highest BCUT2D eigenvalue weighted by molar-refractivity contribution is 7.62. The van der Waals surface area contributed by atoms with Gasteiger partial charge >= 0.3 is 7.60 Å². The Balaban J connectivity index is 1.61. The monoisotopic (exact) mass is 507 g/mol. The number of aryl methyl sites for hydroxylation is 1. The van der Waals surface area contributed by atoms with Crippen molar-refractivity contribution in [2.45, 2.75) is 31.4 Å². The zero-order chi connectivity index (χ0) is 24.3. The number of anilines is 3. The minimum atomic E-state index is -5.09. The molecule has 3 aromatic rings. The lowest BCUT2D eigenvalue weighted by Crippen LogP contribution is -2.31. The van der Waals surface area contributed by atoms with Crippen molar-refractivity contribution in [3.63, 3.8) is 0 Å². The Kier molecular flexibility index (Phi) is 7.28. The molecule has 1 aromatic carbocycles. The number of rotatable bonds is 9. The number of aliphatic hydroxyl groups is 1. The van der Waals surface area contributed by atoms with Gasteiger partial charge < -0.3 is 35.4 Å². The van der Waals surface area contributed by atoms with E-state index in [1.807, 2.05) is 11.5 Å². The maximum Gasteiger partial charge on any atom is 0.373 e. The summed E-state index contributed by atoms with van der Waals surface area (Å²) in [4.78, 5) is 32.5. The van der Waals surface area contributed by atoms with E-state index in [9.17, 15) is 24.0 Å². The average Bonchev–Trinajstić information content (AvgIpc) is 3.26. The standard InChI is InChI=1S/C20H27N7O5P2/c1-2-27-12-23-16-17(25-19(26-18(16)27)22-11-13-7-9-21-10-8-13)24-15-5-3-14(4-6-15)20(28,33-29)34(30,31)32/h3-6,12-13,21,28H,2,7-11H2,1H3,(H2,30,31,32)(H2,22,24,25,26). The van der Waals surface area contributed by atoms with E-state index >= 15 is 0 Å². The van der Waals surface area contributed by atoms with Crippen molar-refractivity contribution >= 4 is 44.7 Å². The average molecular weight is 507 g/mol. The van der Waals surface area contributed by atoms with Gasteiger partial charge in [0.05, 0.1) is 6.33 Å². The summed E-state index contributed by atoms with van der Waals surface area (Å²) in [6, 6.07) is 5.61. The molecule has 14 heteroatoms. The fourth-order valence-electron chi connectivity index (χ4n) is 3.85. The molecule has 3 heterocycles. The molecule has 12 nitrogen and oxygen atoms in total. The van der Waals surface area contributed by atoms with Crippen LogP contribution < -0.4 is 16.0 Å². The molecule has 0 saturated carbocycles. The summed E-state index contributed by atoms with van der Waals surface area (Å²) in [5.41, 5.74) is 1.61. The first-order valence-corrected chi connectivity index (χ1v) is 13.3. The Morgan fingerprint density at radius 2 is 1.94 bits per heavy atom. The smallest absolute Gasteiger partial charge is 0.364 e. The van der Waals surface area contributed by atoms with Gasteiger partial charge in [-0.05, 0) is 50.9 Å². The van der Waals surface area contributed by atoms with Crippen molar-refractivity contribution < 1.29 is 24.0 Å². The Morgan fingerprint density at radius 1 is 1.24 bits per heavy atom. The zero-order valence-corrected chi connectivity index (χ0v) is 20.3. The minimum absolute atomic E-state index is 0.171. The lowest BCUT2D eigenvalue weighted by Gasteiger charge is -2.23. The quantitative estimate of drug-likeness (QED) is 0.235. The highest BCUT2D eigenvalue weighted by Crippen LogP contribution is 2.61. The van der Waals surface area contributed by atoms with E-state index in [0.717, 1.165) is 32.5 Å². The fraction of sp³-hybridized carbons (Fsp3) is 0.450. The van der Waals surface area contributed by atoms with Crippen molar-refractivity contribution in [3.8, 4) is 0 Å². The second-order valence-corrected chi connectivity index (χ2v) is 11.1. The number of nitrogens with zero attached hydrogens (tertiary/aromatic N) is 4. The number of hydrogen-bond acceptors (Lipinski definition) is 9. The maximum atomic E-state index is 11.6. The summed E-state index contributed by atoms with van der Waals surface area (Å²) in [5.74, 6) is 1.47. The van der Waals surface area contributed by atoms with Crippen LogP contribution in [0.2, 0.25) is 0 Å². The first-order chi connectivity index (χ1) is 16.2. The van der Waals surface area contributed by atoms with Gasteiger partial charge in [-0.2, -0.15) is 9.97 Å². The molecular weight excluding hydrogens is 480 g/mol. The number of benzene rings is 1. The number of imidazole rings is 1. The van der Waals surface area contributed by atoms with Crippen molar-refractivity contribution in [2.24, 2.45) is 5.92 Å². The third-order valence-electron chi connectivity index (χ3n) is 5.88. The van der Waals surface area contributed by atoms with E-state index in [1.165, 1.54) is 24.3 Å². The molecule has 0 radical (unpaired) electrons. The van der Waals surface area contributed by atoms with Crippen LogP contribution in [0.25, 0.3) is 11.2 Å². The van der Waals surface area contributed by atoms with Crippen molar-refractivity contribution in [1.82, 2.24) is 24.8 Å². The summed E-state index contributed by atoms with van der Waals surface area (Å²) in [5, 5.41) is 17.3. The zero-order valence-electron chi connectivity index (χ0n) is 18.5. The molecule has 1 aliphatic rings. The van der Waals surface area contributed by atoms with Gasteiger partial charge in [-0.15, -0.1) is 0 Å². The normalized spacial score (nSPS) is 17.1. The Labute approximate surface area is 197 Å². The van der Waals surface area contributed by atoms with E-state index in [1.54, 1.807) is 6.33 Å². The maximum absolute atomic E-state index is 11.6. The molecule has 2 aromatic heterocycles. The van der Waals surface area contributed by atoms with E-state index in [4.69, 9.17) is 0 Å². The second kappa shape index (κ2) is 10.0. The molecule has 1 fully saturated rings. The van der Waals surface area contributed by atoms with Crippen LogP contribution in [0.4, 0.5) is 17.5 Å². The van der Waals surface area contributed by atoms with Crippen LogP contribution in [-0.2, 0) is 20.8 Å². The van der Waals surface area contributed by atoms with Gasteiger partial charge in [0, 0.05) is 24.3 Å². The predicted octanol–water partition coefficient (Wildman–Crippen LogP) is 2.57. The minimum Gasteiger partial charge on any atom is -0.364 e. The largest absolute Gasteiger partial charge is 0.373 e. The molecule has 1 atom stereocenters. The summed E-state index contributed by atoms with van der Waals surface area (Å²) >= 11 is 0. The first kappa shape index (κ1) is 24.7. The molecular formula is C20H27N7O5P2. The Hall–Kier alpha value is -2.46. The Bertz CT molecular complexity index is 1210. The van der Waals surface area contributed by atoms with Crippen LogP contribution in [0.3, 0.4) is 0 Å². The molecule has 34 heavy (non-hydrogen) atoms. The molecule has 0 aliphatic carbocycles. The third kappa shape index (κ3) is 4.98. The van der Waals surface area contributed by atoms with Crippen molar-refractivity contribution in [2.75, 3.05) is 30.3 Å². The molecule has 0 bridgehead atoms. The van der Waals surface area contributed by atoms with E-state index in [2.05, 4.69) is 30.9 Å². The highest BCUT2D eigenvalue weighted by Gasteiger charge is 2.48. The molecule has 1 saturated heterocycles. The molecule has 182 valence electrons. The van der Waals surface area contributed by atoms with Gasteiger partial charge in [0.2, 0.25) is 14.4 Å². The summed E-state index contributed by atoms with van der Waals surface area (Å²) in [6.07, 6.45) is 3.87. The molecule has 0 spiro atoms. The van der Waals surface area contributed by atoms with Gasteiger partial charge in [0.1, 0.15) is 0 Å². The number of hydrogen-bond donors (Lipinski definition) is 6. The van der Waals surface area contributed by atoms with Gasteiger partial charge in [-0.3, -0.25) is 9.13 Å². The lowest BCUT2D eigenvalue weighted by atomic mass is 9.98. The number of piperidine rings is 1. The van der Waals surface area contributed by atoms with Crippen LogP contribution >= 0.6 is 16.1 Å². The van der Waals surface area contributed by atoms with E-state index < -0.39 is 21.1 Å². The van der Waals surface area contributed by atoms with Crippen LogP contribution in [0.5, 0.6) is 0 Å². The fourth-order valence-corrected chi connectivity index (χ4v) is 5.02. The van der Waals surface area contributed by atoms with Crippen LogP contribution in [0, 0.1) is 5.92 Å². The molecule has 0 amide bonds. The van der Waals surface area contributed by atoms with Crippen LogP contribution in [0.15, 0.2) is 30.6 Å². The van der Waals surface area contributed by atoms with Gasteiger partial charge in [-0.1, -0.05) is 12.1 Å². The van der Waals surface area contributed by atoms with Crippen molar-refractivity contribution in [3.05, 3.63) is 36.2 Å². The van der Waals surface area contributed by atoms with E-state index in [-0.39, 0.29) is 5.56 Å². The number of aromatic nitrogens is 4. The highest BCUT2D eigenvalue weighted by atomic mass is 31.2. The third-order valence-corrected chi connectivity index (χ3v) is 8.49. The van der Waals surface area contributed by atoms with Gasteiger partial charge in [0.15, 0.2) is 17.0 Å². The van der Waals surface area contributed by atoms with Crippen LogP contribution in [0.1, 0.15) is 25.3 Å². The summed E-state index contributed by atoms with van der Waals surface area (Å²) in [7, 11) is -6.18. The summed E-state index contributed by atoms with van der Waals surface area (Å²) < 4.78 is 24.9.